The van der Waals surface area contributed by atoms with Crippen LogP contribution >= 0.6 is 0 Å². The topological polar surface area (TPSA) is 45.1 Å². The molecule has 1 aromatic carbocycles. The maximum Gasteiger partial charge on any atom is 0.240 e. The first-order valence-corrected chi connectivity index (χ1v) is 7.37. The summed E-state index contributed by atoms with van der Waals surface area (Å²) in [4.78, 5) is 5.76. The smallest absolute Gasteiger partial charge is 0.240 e. The molecule has 1 atom stereocenters. The molecule has 1 heterocycles. The van der Waals surface area contributed by atoms with Crippen molar-refractivity contribution in [2.24, 2.45) is 4.99 Å². The summed E-state index contributed by atoms with van der Waals surface area (Å²) < 4.78 is 18.8. The van der Waals surface area contributed by atoms with Gasteiger partial charge in [0.1, 0.15) is 11.9 Å². The Labute approximate surface area is 123 Å². The number of nitrogens with zero attached hydrogens (tertiary/aromatic N) is 2. The number of anilines is 1. The van der Waals surface area contributed by atoms with Crippen LogP contribution in [0.25, 0.3) is 0 Å². The highest BCUT2D eigenvalue weighted by molar-refractivity contribution is 5.86. The normalized spacial score (nSPS) is 23.0. The fourth-order valence-corrected chi connectivity index (χ4v) is 2.73. The van der Waals surface area contributed by atoms with Gasteiger partial charge in [-0.2, -0.15) is 0 Å². The van der Waals surface area contributed by atoms with Crippen molar-refractivity contribution in [3.63, 3.8) is 0 Å². The van der Waals surface area contributed by atoms with Gasteiger partial charge >= 0.3 is 0 Å². The van der Waals surface area contributed by atoms with E-state index in [4.69, 9.17) is 4.74 Å². The zero-order valence-electron chi connectivity index (χ0n) is 11.8. The number of halogens is 1. The van der Waals surface area contributed by atoms with E-state index >= 15 is 0 Å². The number of hydrogen-bond acceptors (Lipinski definition) is 4. The van der Waals surface area contributed by atoms with Crippen LogP contribution in [0.3, 0.4) is 0 Å². The Morgan fingerprint density at radius 3 is 2.57 bits per heavy atom. The lowest BCUT2D eigenvalue weighted by Gasteiger charge is -2.32. The largest absolute Gasteiger partial charge is 0.474 e. The molecule has 1 aliphatic carbocycles. The van der Waals surface area contributed by atoms with Crippen molar-refractivity contribution in [3.05, 3.63) is 42.5 Å². The molecule has 0 saturated heterocycles. The third-order valence-electron chi connectivity index (χ3n) is 3.88. The van der Waals surface area contributed by atoms with Crippen LogP contribution < -0.4 is 4.90 Å². The summed E-state index contributed by atoms with van der Waals surface area (Å²) in [6, 6.07) is 5.96. The lowest BCUT2D eigenvalue weighted by molar-refractivity contribution is 0.108. The van der Waals surface area contributed by atoms with Crippen LogP contribution in [-0.4, -0.2) is 23.3 Å². The molecule has 0 radical (unpaired) electrons. The van der Waals surface area contributed by atoms with Gasteiger partial charge in [-0.1, -0.05) is 6.42 Å². The third kappa shape index (κ3) is 3.24. The van der Waals surface area contributed by atoms with E-state index in [1.54, 1.807) is 29.4 Å². The molecule has 3 rings (SSSR count). The molecule has 21 heavy (non-hydrogen) atoms. The Morgan fingerprint density at radius 1 is 1.14 bits per heavy atom. The summed E-state index contributed by atoms with van der Waals surface area (Å²) in [5.41, 5.74) is 0.694. The second-order valence-corrected chi connectivity index (χ2v) is 5.40. The fourth-order valence-electron chi connectivity index (χ4n) is 2.73. The van der Waals surface area contributed by atoms with E-state index in [0.717, 1.165) is 25.7 Å². The average Bonchev–Trinajstić information content (AvgIpc) is 2.52. The SMILES string of the molecule is OC1C(OC2CCCCC2)=NC=CN1c1ccc(F)cc1. The Morgan fingerprint density at radius 2 is 1.86 bits per heavy atom. The zero-order chi connectivity index (χ0) is 14.7. The monoisotopic (exact) mass is 290 g/mol. The first-order valence-electron chi connectivity index (χ1n) is 7.37. The van der Waals surface area contributed by atoms with E-state index in [0.29, 0.717) is 11.6 Å². The minimum Gasteiger partial charge on any atom is -0.474 e. The highest BCUT2D eigenvalue weighted by Crippen LogP contribution is 2.24. The molecule has 1 aliphatic heterocycles. The molecule has 4 nitrogen and oxygen atoms in total. The van der Waals surface area contributed by atoms with Crippen LogP contribution in [0, 0.1) is 5.82 Å². The van der Waals surface area contributed by atoms with Crippen LogP contribution in [0.5, 0.6) is 0 Å². The van der Waals surface area contributed by atoms with E-state index < -0.39 is 6.23 Å². The van der Waals surface area contributed by atoms with Gasteiger partial charge in [-0.25, -0.2) is 9.38 Å². The maximum absolute atomic E-state index is 13.0. The predicted octanol–water partition coefficient (Wildman–Crippen LogP) is 3.18. The molecule has 1 fully saturated rings. The lowest BCUT2D eigenvalue weighted by Crippen LogP contribution is -2.42. The van der Waals surface area contributed by atoms with Gasteiger partial charge in [0.25, 0.3) is 0 Å². The van der Waals surface area contributed by atoms with E-state index in [1.165, 1.54) is 18.6 Å². The zero-order valence-corrected chi connectivity index (χ0v) is 11.8. The van der Waals surface area contributed by atoms with Gasteiger partial charge in [0.05, 0.1) is 0 Å². The second kappa shape index (κ2) is 6.26. The molecule has 0 amide bonds. The van der Waals surface area contributed by atoms with Crippen molar-refractivity contribution in [3.8, 4) is 0 Å². The average molecular weight is 290 g/mol. The maximum atomic E-state index is 13.0. The molecule has 0 aromatic heterocycles. The quantitative estimate of drug-likeness (QED) is 0.910. The Bertz CT molecular complexity index is 536. The van der Waals surface area contributed by atoms with Gasteiger partial charge in [0.15, 0.2) is 0 Å². The molecule has 0 bridgehead atoms. The fraction of sp³-hybridized carbons (Fsp3) is 0.438. The van der Waals surface area contributed by atoms with Crippen molar-refractivity contribution in [2.75, 3.05) is 4.90 Å². The van der Waals surface area contributed by atoms with Crippen molar-refractivity contribution in [1.82, 2.24) is 0 Å². The second-order valence-electron chi connectivity index (χ2n) is 5.40. The first-order chi connectivity index (χ1) is 10.2. The summed E-state index contributed by atoms with van der Waals surface area (Å²) in [7, 11) is 0. The number of aliphatic hydroxyl groups excluding tert-OH is 1. The molecule has 2 aliphatic rings. The van der Waals surface area contributed by atoms with E-state index in [1.807, 2.05) is 0 Å². The highest BCUT2D eigenvalue weighted by Gasteiger charge is 2.27. The third-order valence-corrected chi connectivity index (χ3v) is 3.88. The van der Waals surface area contributed by atoms with Gasteiger partial charge in [0.2, 0.25) is 12.1 Å². The van der Waals surface area contributed by atoms with Crippen LogP contribution in [0.1, 0.15) is 32.1 Å². The molecule has 0 spiro atoms. The molecule has 1 unspecified atom stereocenters. The van der Waals surface area contributed by atoms with Gasteiger partial charge < -0.3 is 14.7 Å². The Hall–Kier alpha value is -1.88. The number of benzene rings is 1. The highest BCUT2D eigenvalue weighted by atomic mass is 19.1. The minimum atomic E-state index is -0.970. The molecular formula is C16H19FN2O2. The number of aliphatic hydroxyl groups is 1. The summed E-state index contributed by atoms with van der Waals surface area (Å²) in [6.45, 7) is 0. The summed E-state index contributed by atoms with van der Waals surface area (Å²) in [6.07, 6.45) is 7.99. The van der Waals surface area contributed by atoms with Gasteiger partial charge in [-0.3, -0.25) is 0 Å². The van der Waals surface area contributed by atoms with E-state index in [-0.39, 0.29) is 11.9 Å². The number of hydrogen-bond donors (Lipinski definition) is 1. The van der Waals surface area contributed by atoms with Crippen LogP contribution in [0.15, 0.2) is 41.7 Å². The van der Waals surface area contributed by atoms with Crippen molar-refractivity contribution < 1.29 is 14.2 Å². The van der Waals surface area contributed by atoms with E-state index in [9.17, 15) is 9.50 Å². The molecule has 5 heteroatoms. The summed E-state index contributed by atoms with van der Waals surface area (Å²) in [5.74, 6) is 0.00954. The van der Waals surface area contributed by atoms with Gasteiger partial charge in [0, 0.05) is 18.1 Å². The molecule has 112 valence electrons. The van der Waals surface area contributed by atoms with Crippen LogP contribution in [0.4, 0.5) is 10.1 Å². The number of rotatable bonds is 2. The van der Waals surface area contributed by atoms with Crippen LogP contribution in [0.2, 0.25) is 0 Å². The Balaban J connectivity index is 1.70. The first kappa shape index (κ1) is 14.1. The van der Waals surface area contributed by atoms with Crippen molar-refractivity contribution in [1.29, 1.82) is 0 Å². The number of ether oxygens (including phenoxy) is 1. The molecule has 1 saturated carbocycles. The Kier molecular flexibility index (Phi) is 4.20. The van der Waals surface area contributed by atoms with Crippen molar-refractivity contribution >= 4 is 11.6 Å². The molecule has 1 aromatic rings. The van der Waals surface area contributed by atoms with E-state index in [2.05, 4.69) is 4.99 Å². The molecule has 1 N–H and O–H groups in total. The number of aliphatic imine (C=N–C) groups is 1. The lowest BCUT2D eigenvalue weighted by atomic mass is 9.98. The standard InChI is InChI=1S/C16H19FN2O2/c17-12-6-8-13(9-7-12)19-11-10-18-15(16(19)20)21-14-4-2-1-3-5-14/h6-11,14,16,20H,1-5H2. The van der Waals surface area contributed by atoms with Gasteiger partial charge in [-0.15, -0.1) is 0 Å². The minimum absolute atomic E-state index is 0.133. The summed E-state index contributed by atoms with van der Waals surface area (Å²) >= 11 is 0. The molecular weight excluding hydrogens is 271 g/mol. The predicted molar refractivity (Wildman–Crippen MR) is 79.4 cm³/mol. The van der Waals surface area contributed by atoms with Crippen molar-refractivity contribution in [2.45, 2.75) is 44.4 Å². The van der Waals surface area contributed by atoms with Crippen LogP contribution in [-0.2, 0) is 4.74 Å². The van der Waals surface area contributed by atoms with Gasteiger partial charge in [-0.05, 0) is 49.9 Å². The summed E-state index contributed by atoms with van der Waals surface area (Å²) in [5, 5.41) is 10.4.